The molecule has 1 amide bonds. The smallest absolute Gasteiger partial charge is 0.255 e. The van der Waals surface area contributed by atoms with E-state index in [0.717, 1.165) is 5.56 Å². The summed E-state index contributed by atoms with van der Waals surface area (Å²) >= 11 is 6.02. The first-order valence-corrected chi connectivity index (χ1v) is 6.39. The Hall–Kier alpha value is -2.20. The highest BCUT2D eigenvalue weighted by Gasteiger charge is 2.09. The molecule has 0 aliphatic carbocycles. The van der Waals surface area contributed by atoms with Gasteiger partial charge in [0.05, 0.1) is 7.11 Å². The summed E-state index contributed by atoms with van der Waals surface area (Å²) in [6, 6.07) is 10.2. The first-order chi connectivity index (χ1) is 9.49. The molecule has 0 atom stereocenters. The van der Waals surface area contributed by atoms with Crippen molar-refractivity contribution in [3.8, 4) is 5.75 Å². The van der Waals surface area contributed by atoms with Crippen molar-refractivity contribution in [1.29, 1.82) is 0 Å². The average Bonchev–Trinajstić information content (AvgIpc) is 2.42. The Morgan fingerprint density at radius 1 is 1.25 bits per heavy atom. The van der Waals surface area contributed by atoms with E-state index in [9.17, 15) is 4.79 Å². The van der Waals surface area contributed by atoms with Crippen molar-refractivity contribution in [3.05, 3.63) is 52.5 Å². The Morgan fingerprint density at radius 2 is 2.00 bits per heavy atom. The standard InChI is InChI=1S/C15H15ClN2O2/c1-9-3-4-12(8-14(9)16)18-15(19)10-5-11(17)7-13(6-10)20-2/h3-8H,17H2,1-2H3,(H,18,19). The lowest BCUT2D eigenvalue weighted by Crippen LogP contribution is -2.12. The molecule has 0 fully saturated rings. The van der Waals surface area contributed by atoms with Crippen molar-refractivity contribution < 1.29 is 9.53 Å². The van der Waals surface area contributed by atoms with Gasteiger partial charge in [0.1, 0.15) is 5.75 Å². The van der Waals surface area contributed by atoms with E-state index in [1.54, 1.807) is 30.3 Å². The van der Waals surface area contributed by atoms with Crippen molar-refractivity contribution >= 4 is 28.9 Å². The van der Waals surface area contributed by atoms with Crippen LogP contribution in [0.25, 0.3) is 0 Å². The first kappa shape index (κ1) is 14.2. The Morgan fingerprint density at radius 3 is 2.65 bits per heavy atom. The molecular formula is C15H15ClN2O2. The first-order valence-electron chi connectivity index (χ1n) is 6.01. The third-order valence-electron chi connectivity index (χ3n) is 2.86. The SMILES string of the molecule is COc1cc(N)cc(C(=O)Nc2ccc(C)c(Cl)c2)c1. The maximum Gasteiger partial charge on any atom is 0.255 e. The van der Waals surface area contributed by atoms with Gasteiger partial charge in [-0.2, -0.15) is 0 Å². The summed E-state index contributed by atoms with van der Waals surface area (Å²) in [6.07, 6.45) is 0. The number of aryl methyl sites for hydroxylation is 1. The second-order valence-corrected chi connectivity index (χ2v) is 4.82. The van der Waals surface area contributed by atoms with E-state index in [2.05, 4.69) is 5.32 Å². The zero-order valence-electron chi connectivity index (χ0n) is 11.2. The van der Waals surface area contributed by atoms with Crippen LogP contribution in [-0.2, 0) is 0 Å². The third-order valence-corrected chi connectivity index (χ3v) is 3.26. The summed E-state index contributed by atoms with van der Waals surface area (Å²) in [6.45, 7) is 1.90. The number of carbonyl (C=O) groups is 1. The molecule has 0 unspecified atom stereocenters. The molecule has 0 bridgehead atoms. The number of anilines is 2. The molecule has 0 aliphatic rings. The number of benzene rings is 2. The zero-order valence-corrected chi connectivity index (χ0v) is 12.0. The highest BCUT2D eigenvalue weighted by molar-refractivity contribution is 6.31. The van der Waals surface area contributed by atoms with Gasteiger partial charge in [0, 0.05) is 28.0 Å². The largest absolute Gasteiger partial charge is 0.497 e. The Labute approximate surface area is 122 Å². The van der Waals surface area contributed by atoms with Crippen LogP contribution < -0.4 is 15.8 Å². The molecule has 0 radical (unpaired) electrons. The van der Waals surface area contributed by atoms with Gasteiger partial charge in [-0.15, -0.1) is 0 Å². The van der Waals surface area contributed by atoms with Gasteiger partial charge < -0.3 is 15.8 Å². The molecule has 2 rings (SSSR count). The van der Waals surface area contributed by atoms with E-state index in [-0.39, 0.29) is 5.91 Å². The third kappa shape index (κ3) is 3.22. The maximum absolute atomic E-state index is 12.2. The molecule has 0 saturated carbocycles. The Balaban J connectivity index is 2.23. The number of hydrogen-bond donors (Lipinski definition) is 2. The molecule has 0 spiro atoms. The molecule has 20 heavy (non-hydrogen) atoms. The molecule has 3 N–H and O–H groups in total. The minimum absolute atomic E-state index is 0.268. The zero-order chi connectivity index (χ0) is 14.7. The number of halogens is 1. The number of amides is 1. The topological polar surface area (TPSA) is 64.3 Å². The summed E-state index contributed by atoms with van der Waals surface area (Å²) in [5.74, 6) is 0.271. The molecule has 0 heterocycles. The van der Waals surface area contributed by atoms with Crippen LogP contribution in [0.15, 0.2) is 36.4 Å². The Bertz CT molecular complexity index is 656. The van der Waals surface area contributed by atoms with Crippen molar-refractivity contribution in [2.45, 2.75) is 6.92 Å². The van der Waals surface area contributed by atoms with E-state index < -0.39 is 0 Å². The van der Waals surface area contributed by atoms with Gasteiger partial charge in [0.15, 0.2) is 0 Å². The van der Waals surface area contributed by atoms with Gasteiger partial charge in [-0.05, 0) is 36.8 Å². The average molecular weight is 291 g/mol. The van der Waals surface area contributed by atoms with E-state index in [4.69, 9.17) is 22.1 Å². The molecule has 104 valence electrons. The molecule has 0 aliphatic heterocycles. The van der Waals surface area contributed by atoms with Crippen molar-refractivity contribution in [2.24, 2.45) is 0 Å². The van der Waals surface area contributed by atoms with Gasteiger partial charge in [-0.1, -0.05) is 17.7 Å². The maximum atomic E-state index is 12.2. The number of rotatable bonds is 3. The minimum atomic E-state index is -0.268. The van der Waals surface area contributed by atoms with Gasteiger partial charge >= 0.3 is 0 Å². The van der Waals surface area contributed by atoms with Gasteiger partial charge in [0.25, 0.3) is 5.91 Å². The van der Waals surface area contributed by atoms with Gasteiger partial charge in [-0.3, -0.25) is 4.79 Å². The molecule has 5 heteroatoms. The molecule has 0 saturated heterocycles. The predicted molar refractivity (Wildman–Crippen MR) is 81.5 cm³/mol. The number of carbonyl (C=O) groups excluding carboxylic acids is 1. The van der Waals surface area contributed by atoms with Crippen LogP contribution in [0.4, 0.5) is 11.4 Å². The van der Waals surface area contributed by atoms with Crippen molar-refractivity contribution in [1.82, 2.24) is 0 Å². The van der Waals surface area contributed by atoms with Crippen molar-refractivity contribution in [3.63, 3.8) is 0 Å². The van der Waals surface area contributed by atoms with Gasteiger partial charge in [0.2, 0.25) is 0 Å². The summed E-state index contributed by atoms with van der Waals surface area (Å²) in [5.41, 5.74) is 8.21. The van der Waals surface area contributed by atoms with Crippen LogP contribution in [0, 0.1) is 6.92 Å². The van der Waals surface area contributed by atoms with E-state index in [1.165, 1.54) is 7.11 Å². The second-order valence-electron chi connectivity index (χ2n) is 4.41. The van der Waals surface area contributed by atoms with Crippen LogP contribution in [0.1, 0.15) is 15.9 Å². The second kappa shape index (κ2) is 5.84. The monoisotopic (exact) mass is 290 g/mol. The van der Waals surface area contributed by atoms with E-state index in [0.29, 0.717) is 27.7 Å². The van der Waals surface area contributed by atoms with E-state index in [1.807, 2.05) is 13.0 Å². The summed E-state index contributed by atoms with van der Waals surface area (Å²) in [5, 5.41) is 3.37. The molecule has 2 aromatic rings. The van der Waals surface area contributed by atoms with Crippen LogP contribution in [-0.4, -0.2) is 13.0 Å². The highest BCUT2D eigenvalue weighted by Crippen LogP contribution is 2.22. The number of ether oxygens (including phenoxy) is 1. The van der Waals surface area contributed by atoms with Crippen LogP contribution in [0.2, 0.25) is 5.02 Å². The lowest BCUT2D eigenvalue weighted by Gasteiger charge is -2.09. The normalized spacial score (nSPS) is 10.2. The van der Waals surface area contributed by atoms with E-state index >= 15 is 0 Å². The van der Waals surface area contributed by atoms with Crippen molar-refractivity contribution in [2.75, 3.05) is 18.2 Å². The van der Waals surface area contributed by atoms with Crippen LogP contribution >= 0.6 is 11.6 Å². The summed E-state index contributed by atoms with van der Waals surface area (Å²) < 4.78 is 5.09. The van der Waals surface area contributed by atoms with Crippen LogP contribution in [0.5, 0.6) is 5.75 Å². The van der Waals surface area contributed by atoms with Gasteiger partial charge in [-0.25, -0.2) is 0 Å². The molecular weight excluding hydrogens is 276 g/mol. The summed E-state index contributed by atoms with van der Waals surface area (Å²) in [7, 11) is 1.52. The Kier molecular flexibility index (Phi) is 4.15. The highest BCUT2D eigenvalue weighted by atomic mass is 35.5. The number of nitrogens with one attached hydrogen (secondary N) is 1. The quantitative estimate of drug-likeness (QED) is 0.851. The molecule has 2 aromatic carbocycles. The number of methoxy groups -OCH3 is 1. The fourth-order valence-corrected chi connectivity index (χ4v) is 1.93. The fourth-order valence-electron chi connectivity index (χ4n) is 1.74. The number of nitrogens with two attached hydrogens (primary N) is 1. The minimum Gasteiger partial charge on any atom is -0.497 e. The summed E-state index contributed by atoms with van der Waals surface area (Å²) in [4.78, 5) is 12.2. The molecule has 4 nitrogen and oxygen atoms in total. The van der Waals surface area contributed by atoms with Crippen LogP contribution in [0.3, 0.4) is 0 Å². The predicted octanol–water partition coefficient (Wildman–Crippen LogP) is 3.49. The number of hydrogen-bond acceptors (Lipinski definition) is 3. The number of nitrogen functional groups attached to an aromatic ring is 1. The fraction of sp³-hybridized carbons (Fsp3) is 0.133. The lowest BCUT2D eigenvalue weighted by atomic mass is 10.1. The lowest BCUT2D eigenvalue weighted by molar-refractivity contribution is 0.102. The molecule has 0 aromatic heterocycles.